The van der Waals surface area contributed by atoms with Crippen LogP contribution in [0.2, 0.25) is 0 Å². The Balaban J connectivity index is 1.56. The van der Waals surface area contributed by atoms with Gasteiger partial charge in [-0.3, -0.25) is 9.59 Å². The Morgan fingerprint density at radius 1 is 1.08 bits per heavy atom. The van der Waals surface area contributed by atoms with Crippen LogP contribution in [0.5, 0.6) is 0 Å². The summed E-state index contributed by atoms with van der Waals surface area (Å²) in [6, 6.07) is 12.5. The molecule has 0 saturated heterocycles. The normalized spacial score (nSPS) is 10.4. The molecule has 2 heterocycles. The molecule has 0 aliphatic heterocycles. The standard InChI is InChI=1S/C18H16N2O3S/c1-12-8-10-24-16(12)18(22)19-11-13-4-6-14(7-5-13)20-17(21)15-3-2-9-23-15/h2-10H,11H2,1H3,(H,19,22)(H,20,21). The van der Waals surface area contributed by atoms with Crippen molar-refractivity contribution < 1.29 is 14.0 Å². The SMILES string of the molecule is Cc1ccsc1C(=O)NCc1ccc(NC(=O)c2ccco2)cc1. The molecule has 24 heavy (non-hydrogen) atoms. The fourth-order valence-corrected chi connectivity index (χ4v) is 3.02. The van der Waals surface area contributed by atoms with Gasteiger partial charge in [0, 0.05) is 12.2 Å². The van der Waals surface area contributed by atoms with Crippen LogP contribution in [0.1, 0.15) is 31.4 Å². The molecule has 3 rings (SSSR count). The monoisotopic (exact) mass is 340 g/mol. The molecule has 0 saturated carbocycles. The molecule has 122 valence electrons. The van der Waals surface area contributed by atoms with Gasteiger partial charge in [0.05, 0.1) is 11.1 Å². The minimum atomic E-state index is -0.297. The number of amides is 2. The van der Waals surface area contributed by atoms with E-state index in [9.17, 15) is 9.59 Å². The Kier molecular flexibility index (Phi) is 4.77. The van der Waals surface area contributed by atoms with Crippen molar-refractivity contribution in [3.05, 3.63) is 75.9 Å². The van der Waals surface area contributed by atoms with Gasteiger partial charge in [0.25, 0.3) is 11.8 Å². The lowest BCUT2D eigenvalue weighted by Crippen LogP contribution is -2.22. The fourth-order valence-electron chi connectivity index (χ4n) is 2.17. The summed E-state index contributed by atoms with van der Waals surface area (Å²) in [5.74, 6) is -0.107. The third-order valence-electron chi connectivity index (χ3n) is 3.48. The van der Waals surface area contributed by atoms with E-state index in [1.807, 2.05) is 30.5 Å². The van der Waals surface area contributed by atoms with E-state index in [2.05, 4.69) is 10.6 Å². The van der Waals surface area contributed by atoms with Crippen LogP contribution < -0.4 is 10.6 Å². The molecule has 5 nitrogen and oxygen atoms in total. The average Bonchev–Trinajstić information content (AvgIpc) is 3.25. The predicted octanol–water partition coefficient (Wildman–Crippen LogP) is 3.83. The Labute approximate surface area is 143 Å². The number of thiophene rings is 1. The summed E-state index contributed by atoms with van der Waals surface area (Å²) < 4.78 is 5.04. The number of hydrogen-bond donors (Lipinski definition) is 2. The van der Waals surface area contributed by atoms with Gasteiger partial charge in [-0.05, 0) is 53.8 Å². The molecule has 2 N–H and O–H groups in total. The van der Waals surface area contributed by atoms with E-state index in [0.717, 1.165) is 16.0 Å². The minimum absolute atomic E-state index is 0.0716. The predicted molar refractivity (Wildman–Crippen MR) is 93.3 cm³/mol. The first-order chi connectivity index (χ1) is 11.6. The van der Waals surface area contributed by atoms with Gasteiger partial charge in [-0.25, -0.2) is 0 Å². The maximum Gasteiger partial charge on any atom is 0.291 e. The van der Waals surface area contributed by atoms with Crippen LogP contribution in [0.25, 0.3) is 0 Å². The molecule has 0 spiro atoms. The molecule has 0 atom stereocenters. The summed E-state index contributed by atoms with van der Waals surface area (Å²) in [6.07, 6.45) is 1.45. The van der Waals surface area contributed by atoms with E-state index >= 15 is 0 Å². The number of aryl methyl sites for hydroxylation is 1. The van der Waals surface area contributed by atoms with Crippen molar-refractivity contribution in [1.29, 1.82) is 0 Å². The number of carbonyl (C=O) groups is 2. The first-order valence-electron chi connectivity index (χ1n) is 7.39. The Hall–Kier alpha value is -2.86. The number of carbonyl (C=O) groups excluding carboxylic acids is 2. The summed E-state index contributed by atoms with van der Waals surface area (Å²) >= 11 is 1.43. The zero-order chi connectivity index (χ0) is 16.9. The third kappa shape index (κ3) is 3.72. The Bertz CT molecular complexity index is 836. The van der Waals surface area contributed by atoms with E-state index in [1.54, 1.807) is 24.3 Å². The van der Waals surface area contributed by atoms with E-state index in [0.29, 0.717) is 12.2 Å². The van der Waals surface area contributed by atoms with Gasteiger partial charge in [0.2, 0.25) is 0 Å². The van der Waals surface area contributed by atoms with Gasteiger partial charge in [-0.15, -0.1) is 11.3 Å². The maximum absolute atomic E-state index is 12.1. The van der Waals surface area contributed by atoms with Crippen LogP contribution in [-0.4, -0.2) is 11.8 Å². The molecule has 0 aliphatic rings. The van der Waals surface area contributed by atoms with Crippen LogP contribution in [0.4, 0.5) is 5.69 Å². The van der Waals surface area contributed by atoms with Crippen molar-refractivity contribution in [2.45, 2.75) is 13.5 Å². The van der Waals surface area contributed by atoms with Crippen LogP contribution >= 0.6 is 11.3 Å². The van der Waals surface area contributed by atoms with Crippen molar-refractivity contribution in [3.8, 4) is 0 Å². The van der Waals surface area contributed by atoms with Crippen molar-refractivity contribution in [3.63, 3.8) is 0 Å². The maximum atomic E-state index is 12.1. The molecule has 0 unspecified atom stereocenters. The van der Waals surface area contributed by atoms with Crippen LogP contribution in [0, 0.1) is 6.92 Å². The smallest absolute Gasteiger partial charge is 0.291 e. The first-order valence-corrected chi connectivity index (χ1v) is 8.27. The summed E-state index contributed by atoms with van der Waals surface area (Å²) in [5, 5.41) is 7.55. The molecule has 2 amide bonds. The van der Waals surface area contributed by atoms with Crippen molar-refractivity contribution >= 4 is 28.8 Å². The van der Waals surface area contributed by atoms with Crippen LogP contribution in [0.15, 0.2) is 58.5 Å². The number of nitrogens with one attached hydrogen (secondary N) is 2. The highest BCUT2D eigenvalue weighted by molar-refractivity contribution is 7.12. The third-order valence-corrected chi connectivity index (χ3v) is 4.49. The number of anilines is 1. The summed E-state index contributed by atoms with van der Waals surface area (Å²) in [4.78, 5) is 24.7. The fraction of sp³-hybridized carbons (Fsp3) is 0.111. The quantitative estimate of drug-likeness (QED) is 0.741. The number of benzene rings is 1. The van der Waals surface area contributed by atoms with Crippen LogP contribution in [-0.2, 0) is 6.54 Å². The minimum Gasteiger partial charge on any atom is -0.459 e. The molecule has 1 aromatic carbocycles. The van der Waals surface area contributed by atoms with E-state index < -0.39 is 0 Å². The topological polar surface area (TPSA) is 71.3 Å². The van der Waals surface area contributed by atoms with E-state index in [1.165, 1.54) is 17.6 Å². The Morgan fingerprint density at radius 2 is 1.88 bits per heavy atom. The van der Waals surface area contributed by atoms with Crippen molar-refractivity contribution in [2.75, 3.05) is 5.32 Å². The second-order valence-electron chi connectivity index (χ2n) is 5.24. The highest BCUT2D eigenvalue weighted by Crippen LogP contribution is 2.16. The molecule has 6 heteroatoms. The molecule has 2 aromatic heterocycles. The summed E-state index contributed by atoms with van der Waals surface area (Å²) in [5.41, 5.74) is 2.60. The van der Waals surface area contributed by atoms with Gasteiger partial charge in [-0.1, -0.05) is 12.1 Å². The molecule has 3 aromatic rings. The molecule has 0 aliphatic carbocycles. The molecule has 0 bridgehead atoms. The molecule has 0 radical (unpaired) electrons. The average molecular weight is 340 g/mol. The lowest BCUT2D eigenvalue weighted by molar-refractivity contribution is 0.0953. The molecular formula is C18H16N2O3S. The number of furan rings is 1. The number of hydrogen-bond acceptors (Lipinski definition) is 4. The number of rotatable bonds is 5. The van der Waals surface area contributed by atoms with Crippen molar-refractivity contribution in [1.82, 2.24) is 5.32 Å². The van der Waals surface area contributed by atoms with Crippen molar-refractivity contribution in [2.24, 2.45) is 0 Å². The highest BCUT2D eigenvalue weighted by atomic mass is 32.1. The Morgan fingerprint density at radius 3 is 2.50 bits per heavy atom. The largest absolute Gasteiger partial charge is 0.459 e. The zero-order valence-corrected chi connectivity index (χ0v) is 13.9. The summed E-state index contributed by atoms with van der Waals surface area (Å²) in [7, 11) is 0. The van der Waals surface area contributed by atoms with Gasteiger partial charge in [-0.2, -0.15) is 0 Å². The zero-order valence-electron chi connectivity index (χ0n) is 13.0. The van der Waals surface area contributed by atoms with E-state index in [-0.39, 0.29) is 17.6 Å². The lowest BCUT2D eigenvalue weighted by Gasteiger charge is -2.07. The second-order valence-corrected chi connectivity index (χ2v) is 6.16. The second kappa shape index (κ2) is 7.14. The van der Waals surface area contributed by atoms with Gasteiger partial charge in [0.15, 0.2) is 5.76 Å². The first kappa shape index (κ1) is 16.0. The highest BCUT2D eigenvalue weighted by Gasteiger charge is 2.10. The van der Waals surface area contributed by atoms with Gasteiger partial charge >= 0.3 is 0 Å². The summed E-state index contributed by atoms with van der Waals surface area (Å²) in [6.45, 7) is 2.35. The van der Waals surface area contributed by atoms with Gasteiger partial charge in [0.1, 0.15) is 0 Å². The molecule has 0 fully saturated rings. The molecular weight excluding hydrogens is 324 g/mol. The van der Waals surface area contributed by atoms with Gasteiger partial charge < -0.3 is 15.1 Å². The van der Waals surface area contributed by atoms with E-state index in [4.69, 9.17) is 4.42 Å². The van der Waals surface area contributed by atoms with Crippen LogP contribution in [0.3, 0.4) is 0 Å². The lowest BCUT2D eigenvalue weighted by atomic mass is 10.2.